The molecule has 0 amide bonds. The number of allylic oxidation sites excluding steroid dienone is 1. The number of nitrogens with one attached hydrogen (secondary N) is 1. The Morgan fingerprint density at radius 1 is 1.08 bits per heavy atom. The van der Waals surface area contributed by atoms with Gasteiger partial charge in [0.1, 0.15) is 0 Å². The number of nitrogens with zero attached hydrogens (tertiary/aromatic N) is 1. The molecule has 0 aromatic rings. The molecule has 5 aliphatic rings. The number of fused-ring (bicyclic) bond motifs is 4. The molecule has 1 aliphatic heterocycles. The van der Waals surface area contributed by atoms with E-state index in [2.05, 4.69) is 44.2 Å². The lowest BCUT2D eigenvalue weighted by molar-refractivity contribution is -0.103. The molecule has 1 spiro atoms. The van der Waals surface area contributed by atoms with Crippen LogP contribution in [0.5, 0.6) is 0 Å². The average Bonchev–Trinajstić information content (AvgIpc) is 3.07. The van der Waals surface area contributed by atoms with Crippen LogP contribution < -0.4 is 5.32 Å². The van der Waals surface area contributed by atoms with Crippen molar-refractivity contribution in [1.82, 2.24) is 10.2 Å². The van der Waals surface area contributed by atoms with E-state index in [-0.39, 0.29) is 0 Å². The Kier molecular flexibility index (Phi) is 3.60. The standard InChI is InChI=1S/C23H38N2/c1-21-11-8-18(24-3)13-16(21)7-10-22(2)19(21)9-12-23-15-25(4)14-17(23)5-6-20(22)23/h7,17-20,24H,5-6,8-15H2,1-4H3/t17-,18+,19-,20+,21+,22-,23+/m1/s1. The van der Waals surface area contributed by atoms with Crippen LogP contribution in [0.3, 0.4) is 0 Å². The number of rotatable bonds is 1. The zero-order valence-corrected chi connectivity index (χ0v) is 16.9. The van der Waals surface area contributed by atoms with E-state index in [0.29, 0.717) is 16.2 Å². The highest BCUT2D eigenvalue weighted by Gasteiger charge is 2.66. The van der Waals surface area contributed by atoms with Crippen LogP contribution in [0.4, 0.5) is 0 Å². The van der Waals surface area contributed by atoms with Crippen molar-refractivity contribution in [2.45, 2.75) is 71.3 Å². The summed E-state index contributed by atoms with van der Waals surface area (Å²) in [6, 6.07) is 0.720. The molecule has 25 heavy (non-hydrogen) atoms. The molecule has 7 atom stereocenters. The van der Waals surface area contributed by atoms with E-state index in [4.69, 9.17) is 0 Å². The van der Waals surface area contributed by atoms with Crippen LogP contribution in [0.15, 0.2) is 11.6 Å². The lowest BCUT2D eigenvalue weighted by Crippen LogP contribution is -2.57. The Labute approximate surface area is 154 Å². The van der Waals surface area contributed by atoms with Gasteiger partial charge < -0.3 is 10.2 Å². The first-order valence-corrected chi connectivity index (χ1v) is 11.0. The van der Waals surface area contributed by atoms with Crippen molar-refractivity contribution >= 4 is 0 Å². The van der Waals surface area contributed by atoms with Crippen molar-refractivity contribution in [2.75, 3.05) is 27.2 Å². The smallest absolute Gasteiger partial charge is 0.0102 e. The van der Waals surface area contributed by atoms with Crippen LogP contribution in [0.2, 0.25) is 0 Å². The summed E-state index contributed by atoms with van der Waals surface area (Å²) < 4.78 is 0. The first kappa shape index (κ1) is 16.8. The second-order valence-electron chi connectivity index (χ2n) is 10.9. The van der Waals surface area contributed by atoms with Crippen molar-refractivity contribution in [3.05, 3.63) is 11.6 Å². The molecule has 0 aromatic carbocycles. The maximum atomic E-state index is 3.56. The third kappa shape index (κ3) is 2.05. The molecule has 0 bridgehead atoms. The van der Waals surface area contributed by atoms with Crippen LogP contribution in [0.1, 0.15) is 65.2 Å². The zero-order valence-electron chi connectivity index (χ0n) is 16.9. The average molecular weight is 343 g/mol. The lowest BCUT2D eigenvalue weighted by Gasteiger charge is -2.63. The monoisotopic (exact) mass is 342 g/mol. The van der Waals surface area contributed by atoms with Gasteiger partial charge in [0.25, 0.3) is 0 Å². The zero-order chi connectivity index (χ0) is 17.4. The molecule has 140 valence electrons. The number of likely N-dealkylation sites (tertiary alicyclic amines) is 1. The Bertz CT molecular complexity index is 597. The maximum absolute atomic E-state index is 3.56. The van der Waals surface area contributed by atoms with Crippen molar-refractivity contribution in [1.29, 1.82) is 0 Å². The van der Waals surface area contributed by atoms with E-state index in [9.17, 15) is 0 Å². The van der Waals surface area contributed by atoms with E-state index >= 15 is 0 Å². The molecular formula is C23H38N2. The third-order valence-electron chi connectivity index (χ3n) is 10.1. The molecule has 2 heteroatoms. The van der Waals surface area contributed by atoms with Crippen molar-refractivity contribution in [3.63, 3.8) is 0 Å². The van der Waals surface area contributed by atoms with Crippen molar-refractivity contribution in [3.8, 4) is 0 Å². The minimum atomic E-state index is 0.491. The van der Waals surface area contributed by atoms with Gasteiger partial charge in [-0.05, 0) is 99.5 Å². The summed E-state index contributed by atoms with van der Waals surface area (Å²) in [6.45, 7) is 8.13. The largest absolute Gasteiger partial charge is 0.317 e. The van der Waals surface area contributed by atoms with Gasteiger partial charge in [-0.3, -0.25) is 0 Å². The first-order chi connectivity index (χ1) is 11.9. The minimum Gasteiger partial charge on any atom is -0.317 e. The number of hydrogen-bond acceptors (Lipinski definition) is 2. The first-order valence-electron chi connectivity index (χ1n) is 11.0. The lowest BCUT2D eigenvalue weighted by atomic mass is 9.41. The van der Waals surface area contributed by atoms with Gasteiger partial charge in [-0.1, -0.05) is 25.5 Å². The predicted molar refractivity (Wildman–Crippen MR) is 104 cm³/mol. The van der Waals surface area contributed by atoms with Crippen LogP contribution in [0, 0.1) is 34.0 Å². The van der Waals surface area contributed by atoms with Crippen molar-refractivity contribution < 1.29 is 0 Å². The van der Waals surface area contributed by atoms with E-state index in [1.54, 1.807) is 0 Å². The molecule has 3 saturated carbocycles. The second-order valence-corrected chi connectivity index (χ2v) is 10.9. The van der Waals surface area contributed by atoms with E-state index < -0.39 is 0 Å². The summed E-state index contributed by atoms with van der Waals surface area (Å²) in [5.41, 5.74) is 3.53. The fourth-order valence-electron chi connectivity index (χ4n) is 8.98. The fraction of sp³-hybridized carbons (Fsp3) is 0.913. The SMILES string of the molecule is CN[C@H]1CC[C@@]2(C)C(=CC[C@@]3(C)[C@@H]4CC[C@@H]5CN(C)C[C@@]54CC[C@@H]32)C1. The summed E-state index contributed by atoms with van der Waals surface area (Å²) in [7, 11) is 4.53. The molecule has 0 unspecified atom stereocenters. The summed E-state index contributed by atoms with van der Waals surface area (Å²) in [4.78, 5) is 2.66. The van der Waals surface area contributed by atoms with Crippen LogP contribution >= 0.6 is 0 Å². The molecule has 0 aromatic heterocycles. The Morgan fingerprint density at radius 2 is 1.92 bits per heavy atom. The van der Waals surface area contributed by atoms with Gasteiger partial charge in [0, 0.05) is 19.1 Å². The molecular weight excluding hydrogens is 304 g/mol. The molecule has 0 radical (unpaired) electrons. The minimum absolute atomic E-state index is 0.491. The highest BCUT2D eigenvalue weighted by atomic mass is 15.1. The Balaban J connectivity index is 1.52. The topological polar surface area (TPSA) is 15.3 Å². The molecule has 4 fully saturated rings. The van der Waals surface area contributed by atoms with E-state index in [1.165, 1.54) is 64.5 Å². The maximum Gasteiger partial charge on any atom is 0.0102 e. The normalized spacial score (nSPS) is 55.1. The third-order valence-corrected chi connectivity index (χ3v) is 10.1. The van der Waals surface area contributed by atoms with Gasteiger partial charge in [-0.15, -0.1) is 0 Å². The van der Waals surface area contributed by atoms with Gasteiger partial charge in [0.05, 0.1) is 0 Å². The summed E-state index contributed by atoms with van der Waals surface area (Å²) in [6.07, 6.45) is 14.2. The summed E-state index contributed by atoms with van der Waals surface area (Å²) in [5.74, 6) is 2.90. The van der Waals surface area contributed by atoms with Gasteiger partial charge in [0.2, 0.25) is 0 Å². The summed E-state index contributed by atoms with van der Waals surface area (Å²) >= 11 is 0. The quantitative estimate of drug-likeness (QED) is 0.707. The van der Waals surface area contributed by atoms with E-state index in [1.807, 2.05) is 5.57 Å². The van der Waals surface area contributed by atoms with Crippen LogP contribution in [-0.4, -0.2) is 38.1 Å². The highest BCUT2D eigenvalue weighted by Crippen LogP contribution is 2.72. The Hall–Kier alpha value is -0.340. The van der Waals surface area contributed by atoms with Crippen LogP contribution in [-0.2, 0) is 0 Å². The highest BCUT2D eigenvalue weighted by molar-refractivity contribution is 5.29. The molecule has 1 saturated heterocycles. The van der Waals surface area contributed by atoms with E-state index in [0.717, 1.165) is 23.8 Å². The molecule has 2 nitrogen and oxygen atoms in total. The molecule has 5 rings (SSSR count). The van der Waals surface area contributed by atoms with Gasteiger partial charge in [-0.25, -0.2) is 0 Å². The fourth-order valence-corrected chi connectivity index (χ4v) is 8.98. The van der Waals surface area contributed by atoms with Crippen LogP contribution in [0.25, 0.3) is 0 Å². The molecule has 1 heterocycles. The molecule has 4 aliphatic carbocycles. The number of hydrogen-bond donors (Lipinski definition) is 1. The van der Waals surface area contributed by atoms with Crippen molar-refractivity contribution in [2.24, 2.45) is 34.0 Å². The summed E-state index contributed by atoms with van der Waals surface area (Å²) in [5, 5.41) is 3.56. The van der Waals surface area contributed by atoms with Gasteiger partial charge >= 0.3 is 0 Å². The van der Waals surface area contributed by atoms with Gasteiger partial charge in [-0.2, -0.15) is 0 Å². The molecule has 1 N–H and O–H groups in total. The second kappa shape index (κ2) is 5.35. The predicted octanol–water partition coefficient (Wildman–Crippen LogP) is 4.47. The van der Waals surface area contributed by atoms with Gasteiger partial charge in [0.15, 0.2) is 0 Å². The Morgan fingerprint density at radius 3 is 2.72 bits per heavy atom.